The highest BCUT2D eigenvalue weighted by Gasteiger charge is 2.13. The number of anilines is 2. The van der Waals surface area contributed by atoms with E-state index in [1.807, 2.05) is 23.9 Å². The molecular formula is C28H27FN6O2. The van der Waals surface area contributed by atoms with Crippen LogP contribution >= 0.6 is 0 Å². The molecule has 3 heterocycles. The van der Waals surface area contributed by atoms with Crippen LogP contribution in [-0.4, -0.2) is 58.4 Å². The molecule has 5 rings (SSSR count). The molecule has 188 valence electrons. The molecule has 1 aliphatic heterocycles. The highest BCUT2D eigenvalue weighted by atomic mass is 19.1. The average Bonchev–Trinajstić information content (AvgIpc) is 3.35. The first-order chi connectivity index (χ1) is 18.0. The monoisotopic (exact) mass is 498 g/mol. The predicted octanol–water partition coefficient (Wildman–Crippen LogP) is 3.45. The van der Waals surface area contributed by atoms with Gasteiger partial charge in [-0.25, -0.2) is 9.37 Å². The second-order valence-corrected chi connectivity index (χ2v) is 8.90. The molecule has 9 heteroatoms. The molecule has 8 nitrogen and oxygen atoms in total. The number of carbonyl (C=O) groups is 1. The highest BCUT2D eigenvalue weighted by molar-refractivity contribution is 6.04. The van der Waals surface area contributed by atoms with Gasteiger partial charge >= 0.3 is 0 Å². The maximum absolute atomic E-state index is 14.6. The summed E-state index contributed by atoms with van der Waals surface area (Å²) in [5, 5.41) is 8.64. The van der Waals surface area contributed by atoms with Crippen molar-refractivity contribution >= 4 is 28.3 Å². The normalized spacial score (nSPS) is 13.8. The predicted molar refractivity (Wildman–Crippen MR) is 141 cm³/mol. The van der Waals surface area contributed by atoms with Crippen molar-refractivity contribution in [1.82, 2.24) is 19.7 Å². The third kappa shape index (κ3) is 5.77. The molecule has 0 atom stereocenters. The summed E-state index contributed by atoms with van der Waals surface area (Å²) >= 11 is 0. The van der Waals surface area contributed by atoms with Crippen LogP contribution in [0.2, 0.25) is 0 Å². The first-order valence-electron chi connectivity index (χ1n) is 12.1. The van der Waals surface area contributed by atoms with Gasteiger partial charge in [0.15, 0.2) is 5.82 Å². The fraction of sp³-hybridized carbons (Fsp3) is 0.250. The summed E-state index contributed by atoms with van der Waals surface area (Å²) in [6.45, 7) is 6.84. The summed E-state index contributed by atoms with van der Waals surface area (Å²) in [5.41, 5.74) is 7.98. The number of nitrogens with two attached hydrogens (primary N) is 1. The minimum Gasteiger partial charge on any atom is -0.384 e. The number of carbonyl (C=O) groups excluding carboxylic acids is 1. The number of nitrogens with one attached hydrogen (secondary N) is 1. The highest BCUT2D eigenvalue weighted by Crippen LogP contribution is 2.22. The van der Waals surface area contributed by atoms with Crippen LogP contribution < -0.4 is 11.1 Å². The lowest BCUT2D eigenvalue weighted by Crippen LogP contribution is -2.38. The van der Waals surface area contributed by atoms with Gasteiger partial charge in [-0.2, -0.15) is 5.10 Å². The topological polar surface area (TPSA) is 98.3 Å². The van der Waals surface area contributed by atoms with Gasteiger partial charge in [-0.1, -0.05) is 17.9 Å². The largest absolute Gasteiger partial charge is 0.384 e. The zero-order valence-electron chi connectivity index (χ0n) is 20.5. The van der Waals surface area contributed by atoms with Crippen LogP contribution in [-0.2, 0) is 11.3 Å². The number of halogens is 1. The summed E-state index contributed by atoms with van der Waals surface area (Å²) in [5.74, 6) is 5.99. The van der Waals surface area contributed by atoms with Gasteiger partial charge in [0.1, 0.15) is 11.6 Å². The van der Waals surface area contributed by atoms with Crippen LogP contribution in [0, 0.1) is 24.6 Å². The van der Waals surface area contributed by atoms with E-state index in [-0.39, 0.29) is 11.5 Å². The summed E-state index contributed by atoms with van der Waals surface area (Å²) in [4.78, 5) is 19.3. The minimum atomic E-state index is -0.443. The lowest BCUT2D eigenvalue weighted by molar-refractivity contribution is 0.0360. The molecule has 0 saturated carbocycles. The van der Waals surface area contributed by atoms with Crippen molar-refractivity contribution < 1.29 is 13.9 Å². The fourth-order valence-electron chi connectivity index (χ4n) is 4.17. The Morgan fingerprint density at radius 2 is 1.97 bits per heavy atom. The zero-order chi connectivity index (χ0) is 25.8. The second-order valence-electron chi connectivity index (χ2n) is 8.90. The van der Waals surface area contributed by atoms with Crippen LogP contribution in [0.25, 0.3) is 10.8 Å². The zero-order valence-corrected chi connectivity index (χ0v) is 20.5. The summed E-state index contributed by atoms with van der Waals surface area (Å²) in [7, 11) is 0. The molecule has 1 fully saturated rings. The molecule has 1 amide bonds. The maximum atomic E-state index is 14.6. The standard InChI is InChI=1S/C28H27FN6O2/c1-19-2-3-21(28(36)32-27-8-9-35(33-27)11-10-34-12-14-37-15-13-34)16-20(19)4-6-23-24-17-26(30)31-18-22(24)5-7-25(23)29/h2-3,5,7-9,16-18H,10-15H2,1H3,(H2,30,31)(H,32,33,36). The number of morpholine rings is 1. The van der Waals surface area contributed by atoms with Crippen LogP contribution in [0.1, 0.15) is 27.0 Å². The summed E-state index contributed by atoms with van der Waals surface area (Å²) in [6, 6.07) is 11.6. The molecule has 4 aromatic rings. The van der Waals surface area contributed by atoms with Crippen molar-refractivity contribution in [2.45, 2.75) is 13.5 Å². The third-order valence-corrected chi connectivity index (χ3v) is 6.33. The number of nitrogens with zero attached hydrogens (tertiary/aromatic N) is 4. The van der Waals surface area contributed by atoms with Crippen molar-refractivity contribution in [3.8, 4) is 11.8 Å². The number of hydrogen-bond donors (Lipinski definition) is 2. The van der Waals surface area contributed by atoms with E-state index in [1.54, 1.807) is 36.5 Å². The van der Waals surface area contributed by atoms with E-state index >= 15 is 0 Å². The number of aromatic nitrogens is 3. The van der Waals surface area contributed by atoms with Gasteiger partial charge in [-0.05, 0) is 42.8 Å². The molecular weight excluding hydrogens is 471 g/mol. The summed E-state index contributed by atoms with van der Waals surface area (Å²) < 4.78 is 21.8. The van der Waals surface area contributed by atoms with E-state index < -0.39 is 5.82 Å². The Morgan fingerprint density at radius 1 is 1.14 bits per heavy atom. The molecule has 0 radical (unpaired) electrons. The first kappa shape index (κ1) is 24.4. The number of fused-ring (bicyclic) bond motifs is 1. The Bertz CT molecular complexity index is 1510. The Morgan fingerprint density at radius 3 is 2.81 bits per heavy atom. The van der Waals surface area contributed by atoms with E-state index in [0.717, 1.165) is 50.3 Å². The number of nitrogen functional groups attached to an aromatic ring is 1. The number of aryl methyl sites for hydroxylation is 1. The van der Waals surface area contributed by atoms with Gasteiger partial charge in [-0.3, -0.25) is 14.4 Å². The SMILES string of the molecule is Cc1ccc(C(=O)Nc2ccn(CCN3CCOCC3)n2)cc1C#Cc1c(F)ccc2cnc(N)cc12. The molecule has 37 heavy (non-hydrogen) atoms. The van der Waals surface area contributed by atoms with Gasteiger partial charge in [0.05, 0.1) is 25.3 Å². The number of ether oxygens (including phenoxy) is 1. The number of hydrogen-bond acceptors (Lipinski definition) is 6. The number of rotatable bonds is 5. The Hall–Kier alpha value is -4.26. The van der Waals surface area contributed by atoms with E-state index in [0.29, 0.717) is 28.1 Å². The fourth-order valence-corrected chi connectivity index (χ4v) is 4.17. The van der Waals surface area contributed by atoms with E-state index in [2.05, 4.69) is 32.1 Å². The smallest absolute Gasteiger partial charge is 0.256 e. The van der Waals surface area contributed by atoms with Crippen LogP contribution in [0.5, 0.6) is 0 Å². The molecule has 0 spiro atoms. The molecule has 2 aromatic heterocycles. The van der Waals surface area contributed by atoms with Crippen molar-refractivity contribution in [1.29, 1.82) is 0 Å². The molecule has 0 unspecified atom stereocenters. The molecule has 3 N–H and O–H groups in total. The Balaban J connectivity index is 1.31. The number of amides is 1. The summed E-state index contributed by atoms with van der Waals surface area (Å²) in [6.07, 6.45) is 3.44. The average molecular weight is 499 g/mol. The molecule has 1 aliphatic rings. The van der Waals surface area contributed by atoms with E-state index in [4.69, 9.17) is 10.5 Å². The Kier molecular flexibility index (Phi) is 7.12. The van der Waals surface area contributed by atoms with Crippen molar-refractivity contribution in [3.63, 3.8) is 0 Å². The molecule has 2 aromatic carbocycles. The lowest BCUT2D eigenvalue weighted by atomic mass is 10.0. The second kappa shape index (κ2) is 10.8. The van der Waals surface area contributed by atoms with Gasteiger partial charge in [-0.15, -0.1) is 0 Å². The van der Waals surface area contributed by atoms with Gasteiger partial charge in [0.25, 0.3) is 5.91 Å². The maximum Gasteiger partial charge on any atom is 0.256 e. The third-order valence-electron chi connectivity index (χ3n) is 6.33. The van der Waals surface area contributed by atoms with Gasteiger partial charge in [0.2, 0.25) is 0 Å². The quantitative estimate of drug-likeness (QED) is 0.409. The number of pyridine rings is 1. The molecule has 0 bridgehead atoms. The Labute approximate surface area is 214 Å². The van der Waals surface area contributed by atoms with Crippen LogP contribution in [0.15, 0.2) is 54.9 Å². The molecule has 1 saturated heterocycles. The van der Waals surface area contributed by atoms with Gasteiger partial charge in [0, 0.05) is 60.0 Å². The van der Waals surface area contributed by atoms with E-state index in [9.17, 15) is 9.18 Å². The van der Waals surface area contributed by atoms with Crippen molar-refractivity contribution in [2.24, 2.45) is 0 Å². The van der Waals surface area contributed by atoms with E-state index in [1.165, 1.54) is 6.07 Å². The van der Waals surface area contributed by atoms with Crippen molar-refractivity contribution in [2.75, 3.05) is 43.9 Å². The van der Waals surface area contributed by atoms with Gasteiger partial charge < -0.3 is 15.8 Å². The number of benzene rings is 2. The minimum absolute atomic E-state index is 0.239. The van der Waals surface area contributed by atoms with Crippen molar-refractivity contribution in [3.05, 3.63) is 82.9 Å². The van der Waals surface area contributed by atoms with Crippen LogP contribution in [0.4, 0.5) is 16.0 Å². The van der Waals surface area contributed by atoms with Crippen LogP contribution in [0.3, 0.4) is 0 Å². The first-order valence-corrected chi connectivity index (χ1v) is 12.1. The lowest BCUT2D eigenvalue weighted by Gasteiger charge is -2.26. The molecule has 0 aliphatic carbocycles.